The van der Waals surface area contributed by atoms with E-state index in [0.717, 1.165) is 13.0 Å². The van der Waals surface area contributed by atoms with Gasteiger partial charge in [-0.15, -0.1) is 0 Å². The van der Waals surface area contributed by atoms with Crippen LogP contribution in [0.4, 0.5) is 8.78 Å². The van der Waals surface area contributed by atoms with Crippen molar-refractivity contribution in [2.24, 2.45) is 0 Å². The van der Waals surface area contributed by atoms with Crippen molar-refractivity contribution in [3.05, 3.63) is 58.6 Å². The fraction of sp³-hybridized carbons (Fsp3) is 0.250. The van der Waals surface area contributed by atoms with Gasteiger partial charge in [-0.25, -0.2) is 8.78 Å². The van der Waals surface area contributed by atoms with E-state index in [1.807, 2.05) is 0 Å². The van der Waals surface area contributed by atoms with E-state index in [4.69, 9.17) is 11.6 Å². The molecule has 0 aliphatic carbocycles. The number of hydrogen-bond acceptors (Lipinski definition) is 1. The highest BCUT2D eigenvalue weighted by atomic mass is 35.5. The highest BCUT2D eigenvalue weighted by Gasteiger charge is 2.07. The second kappa shape index (κ2) is 6.82. The number of hydrogen-bond donors (Lipinski definition) is 1. The summed E-state index contributed by atoms with van der Waals surface area (Å²) in [6, 6.07) is 9.09. The lowest BCUT2D eigenvalue weighted by Crippen LogP contribution is -2.14. The summed E-state index contributed by atoms with van der Waals surface area (Å²) in [6.45, 7) is 3.39. The lowest BCUT2D eigenvalue weighted by Gasteiger charge is -2.08. The molecule has 2 rings (SSSR count). The van der Waals surface area contributed by atoms with Crippen molar-refractivity contribution < 1.29 is 8.78 Å². The van der Waals surface area contributed by atoms with Crippen molar-refractivity contribution in [2.75, 3.05) is 6.54 Å². The molecule has 0 heterocycles. The first kappa shape index (κ1) is 14.9. The van der Waals surface area contributed by atoms with Crippen LogP contribution in [0.15, 0.2) is 36.4 Å². The third kappa shape index (κ3) is 3.78. The monoisotopic (exact) mass is 295 g/mol. The molecule has 0 aromatic heterocycles. The summed E-state index contributed by atoms with van der Waals surface area (Å²) in [5.41, 5.74) is 1.79. The standard InChI is InChI=1S/C16H16ClF2N/c1-2-5-20-10-12-4-3-11(8-16(12)19)13-6-14(17)9-15(18)7-13/h3-4,6-9,20H,2,5,10H2,1H3. The SMILES string of the molecule is CCCNCc1ccc(-c2cc(F)cc(Cl)c2)cc1F. The smallest absolute Gasteiger partial charge is 0.128 e. The second-order valence-electron chi connectivity index (χ2n) is 4.64. The molecule has 20 heavy (non-hydrogen) atoms. The maximum Gasteiger partial charge on any atom is 0.128 e. The molecule has 1 N–H and O–H groups in total. The Bertz CT molecular complexity index is 579. The number of rotatable bonds is 5. The van der Waals surface area contributed by atoms with Crippen molar-refractivity contribution in [3.63, 3.8) is 0 Å². The number of benzene rings is 2. The summed E-state index contributed by atoms with van der Waals surface area (Å²) in [6.07, 6.45) is 1.00. The van der Waals surface area contributed by atoms with Crippen LogP contribution in [-0.4, -0.2) is 6.54 Å². The van der Waals surface area contributed by atoms with Gasteiger partial charge in [-0.05, 0) is 48.4 Å². The Morgan fingerprint density at radius 2 is 1.85 bits per heavy atom. The van der Waals surface area contributed by atoms with E-state index in [1.54, 1.807) is 18.2 Å². The van der Waals surface area contributed by atoms with Crippen molar-refractivity contribution in [1.29, 1.82) is 0 Å². The predicted octanol–water partition coefficient (Wildman–Crippen LogP) is 4.78. The highest BCUT2D eigenvalue weighted by Crippen LogP contribution is 2.26. The van der Waals surface area contributed by atoms with Crippen LogP contribution in [0.3, 0.4) is 0 Å². The van der Waals surface area contributed by atoms with E-state index in [0.29, 0.717) is 28.3 Å². The molecular weight excluding hydrogens is 280 g/mol. The topological polar surface area (TPSA) is 12.0 Å². The summed E-state index contributed by atoms with van der Waals surface area (Å²) in [5.74, 6) is -0.729. The van der Waals surface area contributed by atoms with Crippen molar-refractivity contribution >= 4 is 11.6 Å². The van der Waals surface area contributed by atoms with E-state index >= 15 is 0 Å². The number of halogens is 3. The van der Waals surface area contributed by atoms with Crippen LogP contribution in [-0.2, 0) is 6.54 Å². The fourth-order valence-electron chi connectivity index (χ4n) is 1.99. The minimum Gasteiger partial charge on any atom is -0.313 e. The second-order valence-corrected chi connectivity index (χ2v) is 5.08. The Labute approximate surface area is 122 Å². The zero-order valence-corrected chi connectivity index (χ0v) is 12.0. The van der Waals surface area contributed by atoms with Crippen LogP contribution in [0.5, 0.6) is 0 Å². The molecule has 0 radical (unpaired) electrons. The van der Waals surface area contributed by atoms with Gasteiger partial charge in [0.25, 0.3) is 0 Å². The minimum atomic E-state index is -0.429. The van der Waals surface area contributed by atoms with Crippen molar-refractivity contribution in [1.82, 2.24) is 5.32 Å². The van der Waals surface area contributed by atoms with E-state index in [9.17, 15) is 8.78 Å². The molecule has 106 valence electrons. The molecule has 0 bridgehead atoms. The number of nitrogens with one attached hydrogen (secondary N) is 1. The van der Waals surface area contributed by atoms with Gasteiger partial charge >= 0.3 is 0 Å². The van der Waals surface area contributed by atoms with Crippen LogP contribution < -0.4 is 5.32 Å². The van der Waals surface area contributed by atoms with E-state index in [1.165, 1.54) is 18.2 Å². The van der Waals surface area contributed by atoms with Gasteiger partial charge in [0.15, 0.2) is 0 Å². The molecule has 0 aliphatic heterocycles. The van der Waals surface area contributed by atoms with Crippen LogP contribution in [0.1, 0.15) is 18.9 Å². The predicted molar refractivity (Wildman–Crippen MR) is 78.8 cm³/mol. The zero-order chi connectivity index (χ0) is 14.5. The minimum absolute atomic E-state index is 0.300. The van der Waals surface area contributed by atoms with Gasteiger partial charge in [-0.2, -0.15) is 0 Å². The van der Waals surface area contributed by atoms with Gasteiger partial charge in [-0.3, -0.25) is 0 Å². The molecule has 0 fully saturated rings. The van der Waals surface area contributed by atoms with E-state index in [2.05, 4.69) is 12.2 Å². The van der Waals surface area contributed by atoms with Gasteiger partial charge in [0, 0.05) is 17.1 Å². The van der Waals surface area contributed by atoms with Crippen LogP contribution in [0.25, 0.3) is 11.1 Å². The largest absolute Gasteiger partial charge is 0.313 e. The van der Waals surface area contributed by atoms with Crippen LogP contribution in [0, 0.1) is 11.6 Å². The first-order valence-corrected chi connectivity index (χ1v) is 6.93. The highest BCUT2D eigenvalue weighted by molar-refractivity contribution is 6.30. The molecule has 0 unspecified atom stereocenters. The molecular formula is C16H16ClF2N. The lowest BCUT2D eigenvalue weighted by molar-refractivity contribution is 0.587. The van der Waals surface area contributed by atoms with Gasteiger partial charge in [-0.1, -0.05) is 30.7 Å². The van der Waals surface area contributed by atoms with Gasteiger partial charge in [0.05, 0.1) is 0 Å². The summed E-state index contributed by atoms with van der Waals surface area (Å²) in [7, 11) is 0. The van der Waals surface area contributed by atoms with Crippen molar-refractivity contribution in [2.45, 2.75) is 19.9 Å². The summed E-state index contributed by atoms with van der Waals surface area (Å²) >= 11 is 5.81. The Morgan fingerprint density at radius 3 is 2.50 bits per heavy atom. The molecule has 0 saturated heterocycles. The molecule has 0 aliphatic rings. The molecule has 0 saturated carbocycles. The van der Waals surface area contributed by atoms with E-state index in [-0.39, 0.29) is 5.82 Å². The zero-order valence-electron chi connectivity index (χ0n) is 11.2. The molecule has 1 nitrogen and oxygen atoms in total. The quantitative estimate of drug-likeness (QED) is 0.782. The van der Waals surface area contributed by atoms with Gasteiger partial charge in [0.2, 0.25) is 0 Å². The van der Waals surface area contributed by atoms with Gasteiger partial charge in [0.1, 0.15) is 11.6 Å². The summed E-state index contributed by atoms with van der Waals surface area (Å²) in [5, 5.41) is 3.45. The normalized spacial score (nSPS) is 10.8. The first-order valence-electron chi connectivity index (χ1n) is 6.55. The van der Waals surface area contributed by atoms with Gasteiger partial charge < -0.3 is 5.32 Å². The molecule has 0 spiro atoms. The summed E-state index contributed by atoms with van der Waals surface area (Å²) < 4.78 is 27.3. The third-order valence-corrected chi connectivity index (χ3v) is 3.21. The third-order valence-electron chi connectivity index (χ3n) is 2.99. The van der Waals surface area contributed by atoms with Crippen molar-refractivity contribution in [3.8, 4) is 11.1 Å². The maximum atomic E-state index is 14.0. The van der Waals surface area contributed by atoms with Crippen LogP contribution in [0.2, 0.25) is 5.02 Å². The summed E-state index contributed by atoms with van der Waals surface area (Å²) in [4.78, 5) is 0. The Hall–Kier alpha value is -1.45. The Kier molecular flexibility index (Phi) is 5.10. The molecule has 2 aromatic carbocycles. The lowest BCUT2D eigenvalue weighted by atomic mass is 10.0. The first-order chi connectivity index (χ1) is 9.60. The molecule has 2 aromatic rings. The Morgan fingerprint density at radius 1 is 1.05 bits per heavy atom. The average Bonchev–Trinajstić information content (AvgIpc) is 2.39. The average molecular weight is 296 g/mol. The van der Waals surface area contributed by atoms with Crippen LogP contribution >= 0.6 is 11.6 Å². The van der Waals surface area contributed by atoms with E-state index < -0.39 is 5.82 Å². The Balaban J connectivity index is 2.23. The molecule has 0 amide bonds. The maximum absolute atomic E-state index is 14.0. The fourth-order valence-corrected chi connectivity index (χ4v) is 2.21. The molecule has 0 atom stereocenters. The molecule has 4 heteroatoms.